The van der Waals surface area contributed by atoms with Crippen LogP contribution in [-0.2, 0) is 0 Å². The summed E-state index contributed by atoms with van der Waals surface area (Å²) < 4.78 is 5.60. The van der Waals surface area contributed by atoms with Gasteiger partial charge in [-0.3, -0.25) is 0 Å². The lowest BCUT2D eigenvalue weighted by molar-refractivity contribution is 0.322. The molecule has 2 aromatic carbocycles. The summed E-state index contributed by atoms with van der Waals surface area (Å²) in [4.78, 5) is 8.77. The number of benzene rings is 2. The van der Waals surface area contributed by atoms with Gasteiger partial charge in [-0.2, -0.15) is 5.26 Å². The van der Waals surface area contributed by atoms with Crippen LogP contribution in [0.2, 0.25) is 0 Å². The van der Waals surface area contributed by atoms with Gasteiger partial charge in [-0.1, -0.05) is 48.6 Å². The average Bonchev–Trinajstić information content (AvgIpc) is 2.72. The van der Waals surface area contributed by atoms with Gasteiger partial charge in [-0.25, -0.2) is 9.97 Å². The standard InChI is InChI=1S/C22H19N3O/c1-2-3-4-13-26-21-15-24-22(25-16-21)20-11-9-19(10-12-20)18-7-5-17(14-23)6-8-18/h2-3,5-12,15-16H,4,13H2,1H3. The van der Waals surface area contributed by atoms with Crippen LogP contribution in [0, 0.1) is 11.3 Å². The van der Waals surface area contributed by atoms with Gasteiger partial charge in [0.05, 0.1) is 30.6 Å². The molecule has 0 radical (unpaired) electrons. The van der Waals surface area contributed by atoms with Crippen molar-refractivity contribution in [2.75, 3.05) is 6.61 Å². The van der Waals surface area contributed by atoms with Gasteiger partial charge < -0.3 is 4.74 Å². The zero-order valence-electron chi connectivity index (χ0n) is 14.6. The molecule has 128 valence electrons. The van der Waals surface area contributed by atoms with E-state index in [1.54, 1.807) is 12.4 Å². The van der Waals surface area contributed by atoms with Gasteiger partial charge >= 0.3 is 0 Å². The van der Waals surface area contributed by atoms with Gasteiger partial charge in [0.25, 0.3) is 0 Å². The number of aromatic nitrogens is 2. The summed E-state index contributed by atoms with van der Waals surface area (Å²) in [6.07, 6.45) is 8.34. The number of nitrogens with zero attached hydrogens (tertiary/aromatic N) is 3. The topological polar surface area (TPSA) is 58.8 Å². The van der Waals surface area contributed by atoms with Crippen LogP contribution in [0.3, 0.4) is 0 Å². The number of rotatable bonds is 6. The number of hydrogen-bond donors (Lipinski definition) is 0. The van der Waals surface area contributed by atoms with Gasteiger partial charge in [-0.15, -0.1) is 0 Å². The van der Waals surface area contributed by atoms with Gasteiger partial charge in [0.1, 0.15) is 0 Å². The Morgan fingerprint density at radius 1 is 0.923 bits per heavy atom. The summed E-state index contributed by atoms with van der Waals surface area (Å²) in [5.41, 5.74) is 3.76. The molecule has 0 saturated heterocycles. The van der Waals surface area contributed by atoms with E-state index in [1.807, 2.05) is 61.5 Å². The maximum absolute atomic E-state index is 8.88. The number of allylic oxidation sites excluding steroid dienone is 1. The fraction of sp³-hybridized carbons (Fsp3) is 0.136. The van der Waals surface area contributed by atoms with Gasteiger partial charge in [0.2, 0.25) is 0 Å². The molecule has 0 bridgehead atoms. The van der Waals surface area contributed by atoms with Crippen molar-refractivity contribution in [3.63, 3.8) is 0 Å². The van der Waals surface area contributed by atoms with E-state index in [0.29, 0.717) is 23.7 Å². The van der Waals surface area contributed by atoms with Gasteiger partial charge in [-0.05, 0) is 36.6 Å². The number of hydrogen-bond acceptors (Lipinski definition) is 4. The Labute approximate surface area is 153 Å². The molecule has 4 heteroatoms. The SMILES string of the molecule is CC=CCCOc1cnc(-c2ccc(-c3ccc(C#N)cc3)cc2)nc1. The highest BCUT2D eigenvalue weighted by molar-refractivity contribution is 5.68. The first-order valence-corrected chi connectivity index (χ1v) is 8.47. The van der Waals surface area contributed by atoms with Crippen LogP contribution in [0.25, 0.3) is 22.5 Å². The minimum absolute atomic E-state index is 0.617. The monoisotopic (exact) mass is 341 g/mol. The zero-order valence-corrected chi connectivity index (χ0v) is 14.6. The Morgan fingerprint density at radius 3 is 2.08 bits per heavy atom. The van der Waals surface area contributed by atoms with Crippen molar-refractivity contribution in [2.24, 2.45) is 0 Å². The Morgan fingerprint density at radius 2 is 1.50 bits per heavy atom. The molecule has 0 fully saturated rings. The predicted molar refractivity (Wildman–Crippen MR) is 103 cm³/mol. The van der Waals surface area contributed by atoms with E-state index in [9.17, 15) is 0 Å². The smallest absolute Gasteiger partial charge is 0.159 e. The molecule has 0 spiro atoms. The molecule has 4 nitrogen and oxygen atoms in total. The van der Waals surface area contributed by atoms with E-state index in [-0.39, 0.29) is 0 Å². The maximum Gasteiger partial charge on any atom is 0.159 e. The highest BCUT2D eigenvalue weighted by Crippen LogP contribution is 2.23. The van der Waals surface area contributed by atoms with Crippen LogP contribution in [-0.4, -0.2) is 16.6 Å². The van der Waals surface area contributed by atoms with Crippen molar-refractivity contribution in [1.29, 1.82) is 5.26 Å². The molecule has 3 aromatic rings. The summed E-state index contributed by atoms with van der Waals surface area (Å²) in [7, 11) is 0. The molecule has 1 aromatic heterocycles. The minimum atomic E-state index is 0.617. The van der Waals surface area contributed by atoms with Crippen molar-refractivity contribution in [3.8, 4) is 34.3 Å². The first-order chi connectivity index (χ1) is 12.8. The van der Waals surface area contributed by atoms with Crippen molar-refractivity contribution >= 4 is 0 Å². The van der Waals surface area contributed by atoms with E-state index < -0.39 is 0 Å². The molecule has 26 heavy (non-hydrogen) atoms. The normalized spacial score (nSPS) is 10.6. The second-order valence-electron chi connectivity index (χ2n) is 5.72. The average molecular weight is 341 g/mol. The molecular weight excluding hydrogens is 322 g/mol. The number of ether oxygens (including phenoxy) is 1. The van der Waals surface area contributed by atoms with Crippen molar-refractivity contribution in [3.05, 3.63) is 78.6 Å². The lowest BCUT2D eigenvalue weighted by atomic mass is 10.0. The van der Waals surface area contributed by atoms with Crippen molar-refractivity contribution in [1.82, 2.24) is 9.97 Å². The second kappa shape index (κ2) is 8.59. The second-order valence-corrected chi connectivity index (χ2v) is 5.72. The molecule has 0 saturated carbocycles. The fourth-order valence-corrected chi connectivity index (χ4v) is 2.50. The van der Waals surface area contributed by atoms with E-state index in [4.69, 9.17) is 10.00 Å². The molecule has 1 heterocycles. The molecular formula is C22H19N3O. The summed E-state index contributed by atoms with van der Waals surface area (Å²) >= 11 is 0. The highest BCUT2D eigenvalue weighted by Gasteiger charge is 2.04. The van der Waals surface area contributed by atoms with Crippen LogP contribution in [0.1, 0.15) is 18.9 Å². The lowest BCUT2D eigenvalue weighted by Gasteiger charge is -2.06. The Balaban J connectivity index is 1.69. The molecule has 0 unspecified atom stereocenters. The van der Waals surface area contributed by atoms with Crippen molar-refractivity contribution < 1.29 is 4.74 Å². The first kappa shape index (κ1) is 17.4. The van der Waals surface area contributed by atoms with Crippen LogP contribution in [0.5, 0.6) is 5.75 Å². The molecule has 0 amide bonds. The third-order valence-electron chi connectivity index (χ3n) is 3.91. The van der Waals surface area contributed by atoms with Crippen LogP contribution < -0.4 is 4.74 Å². The minimum Gasteiger partial charge on any atom is -0.490 e. The Hall–Kier alpha value is -3.45. The van der Waals surface area contributed by atoms with E-state index in [0.717, 1.165) is 23.1 Å². The third kappa shape index (κ3) is 4.34. The molecule has 0 aliphatic rings. The quantitative estimate of drug-likeness (QED) is 0.466. The summed E-state index contributed by atoms with van der Waals surface area (Å²) in [6, 6.07) is 17.7. The van der Waals surface area contributed by atoms with Crippen LogP contribution >= 0.6 is 0 Å². The summed E-state index contributed by atoms with van der Waals surface area (Å²) in [5, 5.41) is 8.88. The van der Waals surface area contributed by atoms with E-state index >= 15 is 0 Å². The Bertz CT molecular complexity index is 906. The third-order valence-corrected chi connectivity index (χ3v) is 3.91. The van der Waals surface area contributed by atoms with Crippen LogP contribution in [0.15, 0.2) is 73.1 Å². The fourth-order valence-electron chi connectivity index (χ4n) is 2.50. The summed E-state index contributed by atoms with van der Waals surface area (Å²) in [6.45, 7) is 2.61. The Kier molecular flexibility index (Phi) is 5.74. The molecule has 0 atom stereocenters. The zero-order chi connectivity index (χ0) is 18.2. The van der Waals surface area contributed by atoms with E-state index in [2.05, 4.69) is 22.1 Å². The van der Waals surface area contributed by atoms with Crippen molar-refractivity contribution in [2.45, 2.75) is 13.3 Å². The molecule has 0 N–H and O–H groups in total. The lowest BCUT2D eigenvalue weighted by Crippen LogP contribution is -1.97. The molecule has 0 aliphatic carbocycles. The molecule has 3 rings (SSSR count). The number of nitriles is 1. The largest absolute Gasteiger partial charge is 0.490 e. The van der Waals surface area contributed by atoms with Gasteiger partial charge in [0.15, 0.2) is 11.6 Å². The van der Waals surface area contributed by atoms with E-state index in [1.165, 1.54) is 0 Å². The summed E-state index contributed by atoms with van der Waals surface area (Å²) in [5.74, 6) is 1.34. The maximum atomic E-state index is 8.88. The van der Waals surface area contributed by atoms with Gasteiger partial charge in [0, 0.05) is 5.56 Å². The highest BCUT2D eigenvalue weighted by atomic mass is 16.5. The van der Waals surface area contributed by atoms with Crippen LogP contribution in [0.4, 0.5) is 0 Å². The molecule has 0 aliphatic heterocycles. The predicted octanol–water partition coefficient (Wildman–Crippen LogP) is 5.03. The first-order valence-electron chi connectivity index (χ1n) is 8.47.